The molecule has 0 aliphatic heterocycles. The molecule has 2 heterocycles. The Labute approximate surface area is 134 Å². The van der Waals surface area contributed by atoms with Crippen LogP contribution in [-0.2, 0) is 6.54 Å². The monoisotopic (exact) mass is 315 g/mol. The fraction of sp³-hybridized carbons (Fsp3) is 0.235. The van der Waals surface area contributed by atoms with E-state index in [2.05, 4.69) is 27.8 Å². The van der Waals surface area contributed by atoms with Gasteiger partial charge in [-0.15, -0.1) is 0 Å². The fourth-order valence-corrected chi connectivity index (χ4v) is 2.72. The van der Waals surface area contributed by atoms with Crippen LogP contribution in [0, 0.1) is 6.92 Å². The number of nitrogens with zero attached hydrogens (tertiary/aromatic N) is 2. The van der Waals surface area contributed by atoms with Crippen molar-refractivity contribution in [3.05, 3.63) is 70.6 Å². The molecule has 3 rings (SSSR count). The molecule has 0 saturated heterocycles. The Morgan fingerprint density at radius 3 is 2.91 bits per heavy atom. The zero-order valence-corrected chi connectivity index (χ0v) is 13.1. The third kappa shape index (κ3) is 3.14. The van der Waals surface area contributed by atoms with Crippen molar-refractivity contribution in [1.29, 1.82) is 0 Å². The molecular weight excluding hydrogens is 298 g/mol. The molecule has 0 aliphatic rings. The Morgan fingerprint density at radius 2 is 2.09 bits per heavy atom. The molecule has 1 aromatic carbocycles. The van der Waals surface area contributed by atoms with E-state index < -0.39 is 6.10 Å². The van der Waals surface area contributed by atoms with Crippen LogP contribution in [-0.4, -0.2) is 21.0 Å². The van der Waals surface area contributed by atoms with Crippen molar-refractivity contribution in [3.63, 3.8) is 0 Å². The lowest BCUT2D eigenvalue weighted by molar-refractivity contribution is 0.174. The molecule has 2 aromatic heterocycles. The first kappa shape index (κ1) is 15.0. The van der Waals surface area contributed by atoms with Crippen LogP contribution in [0.15, 0.2) is 48.8 Å². The van der Waals surface area contributed by atoms with Crippen LogP contribution in [0.3, 0.4) is 0 Å². The molecule has 1 unspecified atom stereocenters. The Balaban J connectivity index is 1.65. The maximum atomic E-state index is 10.2. The normalized spacial score (nSPS) is 12.7. The lowest BCUT2D eigenvalue weighted by atomic mass is 10.1. The molecule has 0 bridgehead atoms. The predicted molar refractivity (Wildman–Crippen MR) is 88.0 cm³/mol. The van der Waals surface area contributed by atoms with E-state index in [4.69, 9.17) is 11.6 Å². The summed E-state index contributed by atoms with van der Waals surface area (Å²) >= 11 is 6.09. The Hall–Kier alpha value is -1.88. The van der Waals surface area contributed by atoms with Gasteiger partial charge in [0.25, 0.3) is 0 Å². The standard InChI is InChI=1S/C17H18ClN3O/c1-12-6-7-17-20-9-13(21(17)11-12)8-19-10-16(22)14-4-2-3-5-15(14)18/h2-7,9,11,16,19,22H,8,10H2,1H3. The van der Waals surface area contributed by atoms with Gasteiger partial charge < -0.3 is 14.8 Å². The van der Waals surface area contributed by atoms with Crippen molar-refractivity contribution in [1.82, 2.24) is 14.7 Å². The molecular formula is C17H18ClN3O. The summed E-state index contributed by atoms with van der Waals surface area (Å²) in [5, 5.41) is 14.1. The van der Waals surface area contributed by atoms with Crippen LogP contribution in [0.4, 0.5) is 0 Å². The van der Waals surface area contributed by atoms with E-state index in [1.165, 1.54) is 5.56 Å². The third-order valence-corrected chi connectivity index (χ3v) is 3.98. The van der Waals surface area contributed by atoms with Gasteiger partial charge >= 0.3 is 0 Å². The second-order valence-electron chi connectivity index (χ2n) is 5.35. The average Bonchev–Trinajstić information content (AvgIpc) is 2.90. The van der Waals surface area contributed by atoms with Crippen molar-refractivity contribution in [2.24, 2.45) is 0 Å². The van der Waals surface area contributed by atoms with E-state index in [9.17, 15) is 5.11 Å². The number of aliphatic hydroxyl groups is 1. The number of imidazole rings is 1. The highest BCUT2D eigenvalue weighted by Crippen LogP contribution is 2.21. The minimum Gasteiger partial charge on any atom is -0.387 e. The number of nitrogens with one attached hydrogen (secondary N) is 1. The number of rotatable bonds is 5. The molecule has 1 atom stereocenters. The lowest BCUT2D eigenvalue weighted by Crippen LogP contribution is -2.22. The van der Waals surface area contributed by atoms with Crippen LogP contribution < -0.4 is 5.32 Å². The van der Waals surface area contributed by atoms with Gasteiger partial charge in [-0.3, -0.25) is 0 Å². The molecule has 0 aliphatic carbocycles. The molecule has 0 saturated carbocycles. The second kappa shape index (κ2) is 6.48. The van der Waals surface area contributed by atoms with Crippen molar-refractivity contribution in [3.8, 4) is 0 Å². The molecule has 0 amide bonds. The number of benzene rings is 1. The van der Waals surface area contributed by atoms with Crippen LogP contribution in [0.25, 0.3) is 5.65 Å². The van der Waals surface area contributed by atoms with Gasteiger partial charge in [0.15, 0.2) is 0 Å². The largest absolute Gasteiger partial charge is 0.387 e. The summed E-state index contributed by atoms with van der Waals surface area (Å²) in [6.45, 7) is 3.12. The number of fused-ring (bicyclic) bond motifs is 1. The summed E-state index contributed by atoms with van der Waals surface area (Å²) in [6.07, 6.45) is 3.28. The first-order valence-corrected chi connectivity index (χ1v) is 7.59. The number of aliphatic hydroxyl groups excluding tert-OH is 1. The predicted octanol–water partition coefficient (Wildman–Crippen LogP) is 3.12. The molecule has 5 heteroatoms. The van der Waals surface area contributed by atoms with Crippen molar-refractivity contribution in [2.45, 2.75) is 19.6 Å². The molecule has 22 heavy (non-hydrogen) atoms. The summed E-state index contributed by atoms with van der Waals surface area (Å²) in [7, 11) is 0. The minimum absolute atomic E-state index is 0.433. The maximum Gasteiger partial charge on any atom is 0.136 e. The number of hydrogen-bond acceptors (Lipinski definition) is 3. The smallest absolute Gasteiger partial charge is 0.136 e. The SMILES string of the molecule is Cc1ccc2ncc(CNCC(O)c3ccccc3Cl)n2c1. The van der Waals surface area contributed by atoms with Gasteiger partial charge in [0.1, 0.15) is 5.65 Å². The highest BCUT2D eigenvalue weighted by atomic mass is 35.5. The lowest BCUT2D eigenvalue weighted by Gasteiger charge is -2.13. The summed E-state index contributed by atoms with van der Waals surface area (Å²) in [5.74, 6) is 0. The number of aromatic nitrogens is 2. The van der Waals surface area contributed by atoms with Crippen molar-refractivity contribution >= 4 is 17.2 Å². The Bertz CT molecular complexity index is 784. The highest BCUT2D eigenvalue weighted by Gasteiger charge is 2.11. The van der Waals surface area contributed by atoms with Crippen LogP contribution in [0.5, 0.6) is 0 Å². The maximum absolute atomic E-state index is 10.2. The Morgan fingerprint density at radius 1 is 1.27 bits per heavy atom. The van der Waals surface area contributed by atoms with Crippen LogP contribution >= 0.6 is 11.6 Å². The topological polar surface area (TPSA) is 49.6 Å². The van der Waals surface area contributed by atoms with E-state index in [1.54, 1.807) is 6.07 Å². The molecule has 114 valence electrons. The first-order chi connectivity index (χ1) is 10.6. The molecule has 2 N–H and O–H groups in total. The number of pyridine rings is 1. The number of aryl methyl sites for hydroxylation is 1. The summed E-state index contributed by atoms with van der Waals surface area (Å²) < 4.78 is 2.06. The van der Waals surface area contributed by atoms with Gasteiger partial charge in [-0.2, -0.15) is 0 Å². The van der Waals surface area contributed by atoms with Gasteiger partial charge in [0.2, 0.25) is 0 Å². The van der Waals surface area contributed by atoms with E-state index in [0.717, 1.165) is 16.9 Å². The molecule has 4 nitrogen and oxygen atoms in total. The zero-order valence-electron chi connectivity index (χ0n) is 12.3. The Kier molecular flexibility index (Phi) is 4.43. The quantitative estimate of drug-likeness (QED) is 0.760. The number of halogens is 1. The third-order valence-electron chi connectivity index (χ3n) is 3.64. The van der Waals surface area contributed by atoms with Gasteiger partial charge in [0, 0.05) is 29.9 Å². The molecule has 0 fully saturated rings. The van der Waals surface area contributed by atoms with Crippen molar-refractivity contribution < 1.29 is 5.11 Å². The van der Waals surface area contributed by atoms with E-state index >= 15 is 0 Å². The summed E-state index contributed by atoms with van der Waals surface area (Å²) in [5.41, 5.74) is 3.91. The molecule has 0 spiro atoms. The average molecular weight is 316 g/mol. The minimum atomic E-state index is -0.630. The second-order valence-corrected chi connectivity index (χ2v) is 5.76. The van der Waals surface area contributed by atoms with Gasteiger partial charge in [-0.1, -0.05) is 35.9 Å². The van der Waals surface area contributed by atoms with Crippen LogP contribution in [0.2, 0.25) is 5.02 Å². The summed E-state index contributed by atoms with van der Waals surface area (Å²) in [4.78, 5) is 4.37. The highest BCUT2D eigenvalue weighted by molar-refractivity contribution is 6.31. The molecule has 3 aromatic rings. The van der Waals surface area contributed by atoms with Gasteiger partial charge in [-0.05, 0) is 24.6 Å². The van der Waals surface area contributed by atoms with Crippen molar-refractivity contribution in [2.75, 3.05) is 6.54 Å². The fourth-order valence-electron chi connectivity index (χ4n) is 2.46. The summed E-state index contributed by atoms with van der Waals surface area (Å²) in [6, 6.07) is 11.4. The first-order valence-electron chi connectivity index (χ1n) is 7.21. The zero-order chi connectivity index (χ0) is 15.5. The number of hydrogen-bond donors (Lipinski definition) is 2. The van der Waals surface area contributed by atoms with E-state index in [1.807, 2.05) is 36.5 Å². The molecule has 0 radical (unpaired) electrons. The van der Waals surface area contributed by atoms with Gasteiger partial charge in [0.05, 0.1) is 18.0 Å². The van der Waals surface area contributed by atoms with Crippen LogP contribution in [0.1, 0.15) is 22.9 Å². The van der Waals surface area contributed by atoms with E-state index in [0.29, 0.717) is 18.1 Å². The van der Waals surface area contributed by atoms with Gasteiger partial charge in [-0.25, -0.2) is 4.98 Å². The van der Waals surface area contributed by atoms with E-state index in [-0.39, 0.29) is 0 Å².